The Balaban J connectivity index is 1.69. The van der Waals surface area contributed by atoms with E-state index in [0.29, 0.717) is 35.2 Å². The van der Waals surface area contributed by atoms with E-state index in [0.717, 1.165) is 51.3 Å². The van der Waals surface area contributed by atoms with Crippen molar-refractivity contribution >= 4 is 27.3 Å². The molecule has 1 atom stereocenters. The molecule has 0 unspecified atom stereocenters. The highest BCUT2D eigenvalue weighted by Gasteiger charge is 2.26. The number of benzene rings is 2. The van der Waals surface area contributed by atoms with Gasteiger partial charge in [0.2, 0.25) is 0 Å². The van der Waals surface area contributed by atoms with Crippen molar-refractivity contribution in [2.45, 2.75) is 24.7 Å². The van der Waals surface area contributed by atoms with Crippen molar-refractivity contribution in [2.24, 2.45) is 5.92 Å². The number of hydrogen-bond donors (Lipinski definition) is 2. The number of rotatable bonds is 7. The average Bonchev–Trinajstić information content (AvgIpc) is 2.88. The first-order chi connectivity index (χ1) is 16.8. The molecule has 0 aliphatic carbocycles. The molecule has 2 saturated heterocycles. The van der Waals surface area contributed by atoms with Crippen LogP contribution in [0.5, 0.6) is 11.5 Å². The van der Waals surface area contributed by atoms with Crippen molar-refractivity contribution in [3.63, 3.8) is 0 Å². The number of sulfonamides is 1. The lowest BCUT2D eigenvalue weighted by Crippen LogP contribution is -2.44. The average molecular weight is 503 g/mol. The minimum atomic E-state index is -3.96. The van der Waals surface area contributed by atoms with Crippen LogP contribution >= 0.6 is 0 Å². The molecule has 0 bridgehead atoms. The molecule has 2 aliphatic heterocycles. The summed E-state index contributed by atoms with van der Waals surface area (Å²) in [7, 11) is -1.01. The zero-order valence-corrected chi connectivity index (χ0v) is 21.4. The molecule has 0 saturated carbocycles. The Labute approximate surface area is 207 Å². The minimum Gasteiger partial charge on any atom is -0.493 e. The Bertz CT molecular complexity index is 1160. The molecule has 2 aromatic rings. The zero-order chi connectivity index (χ0) is 25.0. The Morgan fingerprint density at radius 2 is 1.77 bits per heavy atom. The molecule has 9 nitrogen and oxygen atoms in total. The molecule has 1 amide bonds. The van der Waals surface area contributed by atoms with Gasteiger partial charge in [-0.25, -0.2) is 8.42 Å². The van der Waals surface area contributed by atoms with E-state index in [-0.39, 0.29) is 10.8 Å². The van der Waals surface area contributed by atoms with Gasteiger partial charge in [0.15, 0.2) is 11.5 Å². The highest BCUT2D eigenvalue weighted by molar-refractivity contribution is 7.92. The van der Waals surface area contributed by atoms with Crippen molar-refractivity contribution in [1.82, 2.24) is 10.2 Å². The number of hydrogen-bond acceptors (Lipinski definition) is 7. The topological polar surface area (TPSA) is 100 Å². The molecule has 190 valence electrons. The van der Waals surface area contributed by atoms with Crippen molar-refractivity contribution in [3.8, 4) is 11.5 Å². The highest BCUT2D eigenvalue weighted by Crippen LogP contribution is 2.33. The van der Waals surface area contributed by atoms with Gasteiger partial charge >= 0.3 is 0 Å². The van der Waals surface area contributed by atoms with Crippen LogP contribution in [0.1, 0.15) is 30.1 Å². The molecule has 2 heterocycles. The Morgan fingerprint density at radius 1 is 1.03 bits per heavy atom. The first-order valence-corrected chi connectivity index (χ1v) is 13.4. The fourth-order valence-corrected chi connectivity index (χ4v) is 5.76. The van der Waals surface area contributed by atoms with Crippen molar-refractivity contribution < 1.29 is 22.7 Å². The van der Waals surface area contributed by atoms with E-state index in [4.69, 9.17) is 9.47 Å². The fourth-order valence-electron chi connectivity index (χ4n) is 4.68. The standard InChI is InChI=1S/C25H34N4O5S/c1-18-5-4-12-29(17-18)25(30)19-6-8-22(28-13-10-26-11-14-28)21(15-19)27-35(31,32)20-7-9-23(33-2)24(16-20)34-3/h6-9,15-16,18,26-27H,4-5,10-14,17H2,1-3H3/t18-/m0/s1. The van der Waals surface area contributed by atoms with Crippen molar-refractivity contribution in [2.75, 3.05) is 63.1 Å². The largest absolute Gasteiger partial charge is 0.493 e. The molecule has 35 heavy (non-hydrogen) atoms. The van der Waals surface area contributed by atoms with Crippen LogP contribution in [0.3, 0.4) is 0 Å². The van der Waals surface area contributed by atoms with E-state index >= 15 is 0 Å². The third kappa shape index (κ3) is 5.65. The third-order valence-corrected chi connectivity index (χ3v) is 7.92. The van der Waals surface area contributed by atoms with Gasteiger partial charge in [-0.1, -0.05) is 6.92 Å². The smallest absolute Gasteiger partial charge is 0.262 e. The van der Waals surface area contributed by atoms with E-state index in [1.807, 2.05) is 11.0 Å². The molecule has 0 radical (unpaired) electrons. The first-order valence-electron chi connectivity index (χ1n) is 12.0. The summed E-state index contributed by atoms with van der Waals surface area (Å²) in [5.74, 6) is 1.14. The Hall–Kier alpha value is -2.98. The maximum atomic E-state index is 13.4. The summed E-state index contributed by atoms with van der Waals surface area (Å²) < 4.78 is 40.1. The molecule has 2 fully saturated rings. The number of amides is 1. The maximum absolute atomic E-state index is 13.4. The number of likely N-dealkylation sites (tertiary alicyclic amines) is 1. The SMILES string of the molecule is COc1ccc(S(=O)(=O)Nc2cc(C(=O)N3CCC[C@H](C)C3)ccc2N2CCNCC2)cc1OC. The lowest BCUT2D eigenvalue weighted by atomic mass is 9.99. The molecule has 4 rings (SSSR count). The normalized spacial score (nSPS) is 18.8. The van der Waals surface area contributed by atoms with Crippen molar-refractivity contribution in [1.29, 1.82) is 0 Å². The summed E-state index contributed by atoms with van der Waals surface area (Å²) in [5.41, 5.74) is 1.61. The fraction of sp³-hybridized carbons (Fsp3) is 0.480. The molecular weight excluding hydrogens is 468 g/mol. The van der Waals surface area contributed by atoms with E-state index in [2.05, 4.69) is 21.9 Å². The molecule has 0 spiro atoms. The summed E-state index contributed by atoms with van der Waals surface area (Å²) >= 11 is 0. The number of nitrogens with zero attached hydrogens (tertiary/aromatic N) is 2. The quantitative estimate of drug-likeness (QED) is 0.601. The number of piperazine rings is 1. The van der Waals surface area contributed by atoms with Crippen LogP contribution in [0.2, 0.25) is 0 Å². The van der Waals surface area contributed by atoms with Crippen LogP contribution in [0.25, 0.3) is 0 Å². The van der Waals surface area contributed by atoms with E-state index in [9.17, 15) is 13.2 Å². The highest BCUT2D eigenvalue weighted by atomic mass is 32.2. The summed E-state index contributed by atoms with van der Waals surface area (Å²) in [5, 5.41) is 3.31. The second-order valence-corrected chi connectivity index (χ2v) is 10.8. The minimum absolute atomic E-state index is 0.0444. The van der Waals surface area contributed by atoms with Crippen LogP contribution in [0, 0.1) is 5.92 Å². The van der Waals surface area contributed by atoms with Crippen LogP contribution < -0.4 is 24.4 Å². The van der Waals surface area contributed by atoms with Crippen LogP contribution in [0.15, 0.2) is 41.3 Å². The van der Waals surface area contributed by atoms with Gasteiger partial charge in [-0.3, -0.25) is 9.52 Å². The molecule has 10 heteroatoms. The number of carbonyl (C=O) groups is 1. The maximum Gasteiger partial charge on any atom is 0.262 e. The Morgan fingerprint density at radius 3 is 2.46 bits per heavy atom. The number of methoxy groups -OCH3 is 2. The lowest BCUT2D eigenvalue weighted by molar-refractivity contribution is 0.0683. The van der Waals surface area contributed by atoms with Crippen LogP contribution in [-0.4, -0.2) is 72.7 Å². The lowest BCUT2D eigenvalue weighted by Gasteiger charge is -2.33. The molecular formula is C25H34N4O5S. The predicted molar refractivity (Wildman–Crippen MR) is 136 cm³/mol. The molecule has 2 aliphatic rings. The number of piperidine rings is 1. The van der Waals surface area contributed by atoms with Crippen LogP contribution in [0.4, 0.5) is 11.4 Å². The summed E-state index contributed by atoms with van der Waals surface area (Å²) in [6.07, 6.45) is 2.09. The number of ether oxygens (including phenoxy) is 2. The predicted octanol–water partition coefficient (Wildman–Crippen LogP) is 2.79. The number of nitrogens with one attached hydrogen (secondary N) is 2. The van der Waals surface area contributed by atoms with Gasteiger partial charge in [0.25, 0.3) is 15.9 Å². The third-order valence-electron chi connectivity index (χ3n) is 6.56. The number of anilines is 2. The van der Waals surface area contributed by atoms with Gasteiger partial charge in [-0.2, -0.15) is 0 Å². The summed E-state index contributed by atoms with van der Waals surface area (Å²) in [4.78, 5) is 17.3. The second kappa shape index (κ2) is 10.7. The molecule has 0 aromatic heterocycles. The summed E-state index contributed by atoms with van der Waals surface area (Å²) in [6, 6.07) is 9.76. The zero-order valence-electron chi connectivity index (χ0n) is 20.5. The van der Waals surface area contributed by atoms with Gasteiger partial charge in [0.05, 0.1) is 30.5 Å². The van der Waals surface area contributed by atoms with Gasteiger partial charge in [-0.05, 0) is 49.1 Å². The monoisotopic (exact) mass is 502 g/mol. The van der Waals surface area contributed by atoms with E-state index < -0.39 is 10.0 Å². The van der Waals surface area contributed by atoms with E-state index in [1.165, 1.54) is 26.4 Å². The van der Waals surface area contributed by atoms with Gasteiger partial charge in [0, 0.05) is 50.9 Å². The second-order valence-electron chi connectivity index (χ2n) is 9.09. The van der Waals surface area contributed by atoms with Crippen LogP contribution in [-0.2, 0) is 10.0 Å². The van der Waals surface area contributed by atoms with Gasteiger partial charge in [-0.15, -0.1) is 0 Å². The number of carbonyl (C=O) groups excluding carboxylic acids is 1. The summed E-state index contributed by atoms with van der Waals surface area (Å²) in [6.45, 7) is 6.66. The molecule has 2 aromatic carbocycles. The van der Waals surface area contributed by atoms with Gasteiger partial charge < -0.3 is 24.6 Å². The Kier molecular flexibility index (Phi) is 7.71. The first kappa shape index (κ1) is 25.1. The van der Waals surface area contributed by atoms with Gasteiger partial charge in [0.1, 0.15) is 0 Å². The van der Waals surface area contributed by atoms with Crippen molar-refractivity contribution in [3.05, 3.63) is 42.0 Å². The molecule has 2 N–H and O–H groups in total. The van der Waals surface area contributed by atoms with E-state index in [1.54, 1.807) is 18.2 Å².